The van der Waals surface area contributed by atoms with Crippen molar-refractivity contribution in [2.75, 3.05) is 13.2 Å². The molecule has 1 aromatic heterocycles. The van der Waals surface area contributed by atoms with Crippen molar-refractivity contribution < 1.29 is 65.0 Å². The molecule has 14 heteroatoms. The molecular formula is C26H28O14. The van der Waals surface area contributed by atoms with Gasteiger partial charge >= 0.3 is 0 Å². The van der Waals surface area contributed by atoms with Crippen LogP contribution in [-0.2, 0) is 9.47 Å². The number of hydrogen-bond acceptors (Lipinski definition) is 14. The largest absolute Gasteiger partial charge is 0.508 e. The Morgan fingerprint density at radius 3 is 2.08 bits per heavy atom. The molecule has 40 heavy (non-hydrogen) atoms. The van der Waals surface area contributed by atoms with Crippen LogP contribution in [0.4, 0.5) is 0 Å². The van der Waals surface area contributed by atoms with Crippen LogP contribution in [0.5, 0.6) is 17.2 Å². The van der Waals surface area contributed by atoms with Gasteiger partial charge in [-0.3, -0.25) is 4.79 Å². The van der Waals surface area contributed by atoms with Crippen molar-refractivity contribution in [1.82, 2.24) is 0 Å². The van der Waals surface area contributed by atoms with E-state index in [1.807, 2.05) is 0 Å². The second kappa shape index (κ2) is 10.6. The van der Waals surface area contributed by atoms with Gasteiger partial charge in [-0.1, -0.05) is 0 Å². The van der Waals surface area contributed by atoms with Crippen LogP contribution in [0.25, 0.3) is 22.3 Å². The van der Waals surface area contributed by atoms with Gasteiger partial charge in [0.15, 0.2) is 11.0 Å². The predicted octanol–water partition coefficient (Wildman–Crippen LogP) is -1.75. The molecule has 0 amide bonds. The quantitative estimate of drug-likeness (QED) is 0.169. The first-order chi connectivity index (χ1) is 19.0. The summed E-state index contributed by atoms with van der Waals surface area (Å²) in [4.78, 5) is 13.4. The zero-order valence-corrected chi connectivity index (χ0v) is 20.6. The number of aliphatic hydroxyl groups is 7. The third-order valence-corrected chi connectivity index (χ3v) is 7.31. The lowest BCUT2D eigenvalue weighted by Gasteiger charge is -2.41. The Labute approximate surface area is 224 Å². The van der Waals surface area contributed by atoms with Gasteiger partial charge in [-0.25, -0.2) is 0 Å². The highest BCUT2D eigenvalue weighted by Gasteiger charge is 2.48. The Balaban J connectivity index is 1.81. The Bertz CT molecular complexity index is 1450. The number of fused-ring (bicyclic) bond motifs is 1. The number of benzene rings is 2. The van der Waals surface area contributed by atoms with Crippen LogP contribution in [0, 0.1) is 0 Å². The molecule has 2 aliphatic rings. The molecule has 5 rings (SSSR count). The number of aliphatic hydroxyl groups excluding tert-OH is 7. The number of phenols is 3. The third kappa shape index (κ3) is 4.49. The average Bonchev–Trinajstić information content (AvgIpc) is 2.92. The van der Waals surface area contributed by atoms with Gasteiger partial charge in [-0.2, -0.15) is 0 Å². The van der Waals surface area contributed by atoms with Gasteiger partial charge in [-0.05, 0) is 24.3 Å². The highest BCUT2D eigenvalue weighted by atomic mass is 16.5. The van der Waals surface area contributed by atoms with E-state index in [0.29, 0.717) is 5.56 Å². The van der Waals surface area contributed by atoms with E-state index in [2.05, 4.69) is 0 Å². The zero-order chi connectivity index (χ0) is 29.0. The lowest BCUT2D eigenvalue weighted by Crippen LogP contribution is -2.55. The van der Waals surface area contributed by atoms with E-state index in [1.165, 1.54) is 24.3 Å². The van der Waals surface area contributed by atoms with Crippen LogP contribution in [0.3, 0.4) is 0 Å². The molecule has 216 valence electrons. The predicted molar refractivity (Wildman–Crippen MR) is 132 cm³/mol. The van der Waals surface area contributed by atoms with Crippen molar-refractivity contribution >= 4 is 11.0 Å². The molecular weight excluding hydrogens is 536 g/mol. The standard InChI is InChI=1S/C26H28O14/c27-6-13-18(32)21(35)23(37)26(40-13)16-20(34)15(25-22(36)17(31)11(30)7-38-25)19(33)14-10(29)5-12(39-24(14)16)8-1-3-9(28)4-2-8/h1-5,11,13,17-18,21-23,25-28,30-37H,6-7H2/t11-,13+,17-,18-,21-,22+,23+,25-,26-/m0/s1. The van der Waals surface area contributed by atoms with E-state index >= 15 is 0 Å². The van der Waals surface area contributed by atoms with Crippen LogP contribution < -0.4 is 5.43 Å². The maximum Gasteiger partial charge on any atom is 0.197 e. The number of phenolic OH excluding ortho intramolecular Hbond substituents is 3. The maximum absolute atomic E-state index is 13.4. The summed E-state index contributed by atoms with van der Waals surface area (Å²) < 4.78 is 16.9. The van der Waals surface area contributed by atoms with Gasteiger partial charge in [0, 0.05) is 11.6 Å². The van der Waals surface area contributed by atoms with Crippen LogP contribution in [0.1, 0.15) is 23.3 Å². The number of aromatic hydroxyl groups is 3. The van der Waals surface area contributed by atoms with Crippen molar-refractivity contribution in [3.8, 4) is 28.6 Å². The molecule has 2 aliphatic heterocycles. The van der Waals surface area contributed by atoms with Gasteiger partial charge in [0.25, 0.3) is 0 Å². The molecule has 0 saturated carbocycles. The molecule has 2 saturated heterocycles. The highest BCUT2D eigenvalue weighted by Crippen LogP contribution is 2.50. The normalized spacial score (nSPS) is 32.8. The van der Waals surface area contributed by atoms with E-state index in [0.717, 1.165) is 6.07 Å². The van der Waals surface area contributed by atoms with Crippen molar-refractivity contribution in [1.29, 1.82) is 0 Å². The Hall–Kier alpha value is -3.31. The summed E-state index contributed by atoms with van der Waals surface area (Å²) >= 11 is 0. The third-order valence-electron chi connectivity index (χ3n) is 7.31. The Morgan fingerprint density at radius 2 is 1.43 bits per heavy atom. The van der Waals surface area contributed by atoms with E-state index in [1.54, 1.807) is 0 Å². The fourth-order valence-corrected chi connectivity index (χ4v) is 5.11. The lowest BCUT2D eigenvalue weighted by molar-refractivity contribution is -0.231. The maximum atomic E-state index is 13.4. The van der Waals surface area contributed by atoms with Crippen molar-refractivity contribution in [2.45, 2.75) is 54.9 Å². The van der Waals surface area contributed by atoms with Gasteiger partial charge < -0.3 is 65.0 Å². The zero-order valence-electron chi connectivity index (χ0n) is 20.6. The molecule has 3 aromatic rings. The summed E-state index contributed by atoms with van der Waals surface area (Å²) in [6, 6.07) is 6.47. The fraction of sp³-hybridized carbons (Fsp3) is 0.423. The van der Waals surface area contributed by atoms with Crippen LogP contribution in [-0.4, -0.2) is 107 Å². The summed E-state index contributed by atoms with van der Waals surface area (Å²) in [6.07, 6.45) is -15.7. The monoisotopic (exact) mass is 564 g/mol. The molecule has 3 heterocycles. The van der Waals surface area contributed by atoms with E-state index in [9.17, 15) is 55.9 Å². The van der Waals surface area contributed by atoms with Gasteiger partial charge in [0.2, 0.25) is 0 Å². The number of ether oxygens (including phenoxy) is 2. The second-order valence-electron chi connectivity index (χ2n) is 9.80. The topological polar surface area (TPSA) is 251 Å². The van der Waals surface area contributed by atoms with Crippen molar-refractivity contribution in [2.24, 2.45) is 0 Å². The first-order valence-electron chi connectivity index (χ1n) is 12.3. The molecule has 14 nitrogen and oxygen atoms in total. The van der Waals surface area contributed by atoms with E-state index in [-0.39, 0.29) is 11.5 Å². The van der Waals surface area contributed by atoms with Crippen LogP contribution in [0.15, 0.2) is 39.5 Å². The second-order valence-corrected chi connectivity index (χ2v) is 9.80. The summed E-state index contributed by atoms with van der Waals surface area (Å²) in [5.41, 5.74) is -2.19. The van der Waals surface area contributed by atoms with Gasteiger partial charge in [0.05, 0.1) is 24.3 Å². The first-order valence-corrected chi connectivity index (χ1v) is 12.3. The fourth-order valence-electron chi connectivity index (χ4n) is 5.11. The first kappa shape index (κ1) is 28.2. The number of rotatable bonds is 4. The Kier molecular flexibility index (Phi) is 7.47. The Morgan fingerprint density at radius 1 is 0.775 bits per heavy atom. The summed E-state index contributed by atoms with van der Waals surface area (Å²) in [6.45, 7) is -1.34. The summed E-state index contributed by atoms with van der Waals surface area (Å²) in [7, 11) is 0. The van der Waals surface area contributed by atoms with Gasteiger partial charge in [-0.15, -0.1) is 0 Å². The molecule has 0 bridgehead atoms. The molecule has 0 spiro atoms. The minimum absolute atomic E-state index is 0.0767. The van der Waals surface area contributed by atoms with E-state index in [4.69, 9.17) is 13.9 Å². The average molecular weight is 564 g/mol. The molecule has 9 atom stereocenters. The minimum Gasteiger partial charge on any atom is -0.508 e. The summed E-state index contributed by atoms with van der Waals surface area (Å²) in [5.74, 6) is -2.00. The molecule has 0 unspecified atom stereocenters. The SMILES string of the molecule is O=c1cc(-c2ccc(O)cc2)oc2c([C@@H]3O[C@H](CO)[C@H](O)[C@H](O)[C@H]3O)c(O)c([C@@H]3OC[C@H](O)[C@H](O)[C@H]3O)c(O)c12. The molecule has 2 fully saturated rings. The lowest BCUT2D eigenvalue weighted by atomic mass is 9.85. The minimum atomic E-state index is -1.96. The molecule has 2 aromatic carbocycles. The van der Waals surface area contributed by atoms with Crippen LogP contribution in [0.2, 0.25) is 0 Å². The molecule has 0 radical (unpaired) electrons. The van der Waals surface area contributed by atoms with Gasteiger partial charge in [0.1, 0.15) is 83.3 Å². The molecule has 10 N–H and O–H groups in total. The molecule has 0 aliphatic carbocycles. The van der Waals surface area contributed by atoms with Crippen molar-refractivity contribution in [3.05, 3.63) is 51.7 Å². The highest BCUT2D eigenvalue weighted by molar-refractivity contribution is 5.92. The van der Waals surface area contributed by atoms with E-state index < -0.39 is 107 Å². The summed E-state index contributed by atoms with van der Waals surface area (Å²) in [5, 5.41) is 104. The smallest absolute Gasteiger partial charge is 0.197 e. The van der Waals surface area contributed by atoms with Crippen LogP contribution >= 0.6 is 0 Å². The number of hydrogen-bond donors (Lipinski definition) is 10. The van der Waals surface area contributed by atoms with Crippen molar-refractivity contribution in [3.63, 3.8) is 0 Å².